The first kappa shape index (κ1) is 10.6. The first-order valence-corrected chi connectivity index (χ1v) is 5.01. The molecule has 0 heterocycles. The Balaban J connectivity index is 3.26. The maximum Gasteiger partial charge on any atom is 0.0777 e. The van der Waals surface area contributed by atoms with Gasteiger partial charge in [-0.25, -0.2) is 0 Å². The van der Waals surface area contributed by atoms with Crippen LogP contribution in [0.25, 0.3) is 0 Å². The Morgan fingerprint density at radius 3 is 2.54 bits per heavy atom. The third-order valence-electron chi connectivity index (χ3n) is 1.88. The van der Waals surface area contributed by atoms with E-state index in [1.807, 2.05) is 19.9 Å². The molecule has 0 saturated carbocycles. The van der Waals surface area contributed by atoms with Crippen molar-refractivity contribution in [3.05, 3.63) is 33.3 Å². The van der Waals surface area contributed by atoms with Crippen molar-refractivity contribution in [1.29, 1.82) is 5.26 Å². The van der Waals surface area contributed by atoms with Crippen LogP contribution in [0, 0.1) is 11.3 Å². The number of benzene rings is 1. The molecule has 0 saturated heterocycles. The summed E-state index contributed by atoms with van der Waals surface area (Å²) in [6, 6.07) is 7.71. The van der Waals surface area contributed by atoms with Crippen LogP contribution in [0.5, 0.6) is 0 Å². The summed E-state index contributed by atoms with van der Waals surface area (Å²) in [6.45, 7) is 3.75. The van der Waals surface area contributed by atoms with Crippen molar-refractivity contribution >= 4 is 27.5 Å². The molecule has 0 unspecified atom stereocenters. The third kappa shape index (κ3) is 2.24. The van der Waals surface area contributed by atoms with Crippen molar-refractivity contribution in [3.63, 3.8) is 0 Å². The van der Waals surface area contributed by atoms with E-state index in [0.29, 0.717) is 5.02 Å². The summed E-state index contributed by atoms with van der Waals surface area (Å²) in [5, 5.41) is 9.61. The van der Waals surface area contributed by atoms with Gasteiger partial charge in [0, 0.05) is 9.50 Å². The maximum atomic E-state index is 8.94. The van der Waals surface area contributed by atoms with Gasteiger partial charge in [-0.15, -0.1) is 0 Å². The van der Waals surface area contributed by atoms with Crippen LogP contribution in [0.1, 0.15) is 19.4 Å². The van der Waals surface area contributed by atoms with Crippen LogP contribution in [0.2, 0.25) is 5.02 Å². The van der Waals surface area contributed by atoms with E-state index in [9.17, 15) is 0 Å². The van der Waals surface area contributed by atoms with E-state index in [4.69, 9.17) is 16.9 Å². The van der Waals surface area contributed by atoms with Crippen molar-refractivity contribution in [1.82, 2.24) is 0 Å². The first-order valence-electron chi connectivity index (χ1n) is 3.84. The highest BCUT2D eigenvalue weighted by atomic mass is 79.9. The van der Waals surface area contributed by atoms with Gasteiger partial charge < -0.3 is 0 Å². The highest BCUT2D eigenvalue weighted by Gasteiger charge is 2.22. The van der Waals surface area contributed by atoms with Crippen LogP contribution in [0.15, 0.2) is 22.7 Å². The molecule has 0 aliphatic heterocycles. The largest absolute Gasteiger partial charge is 0.197 e. The Bertz CT molecular complexity index is 366. The fraction of sp³-hybridized carbons (Fsp3) is 0.300. The molecule has 1 rings (SSSR count). The molecular weight excluding hydrogens is 249 g/mol. The summed E-state index contributed by atoms with van der Waals surface area (Å²) < 4.78 is 0.881. The molecule has 0 amide bonds. The van der Waals surface area contributed by atoms with E-state index in [1.54, 1.807) is 12.1 Å². The summed E-state index contributed by atoms with van der Waals surface area (Å²) in [5.74, 6) is 0. The monoisotopic (exact) mass is 257 g/mol. The second kappa shape index (κ2) is 3.69. The van der Waals surface area contributed by atoms with E-state index >= 15 is 0 Å². The van der Waals surface area contributed by atoms with Crippen LogP contribution in [-0.2, 0) is 5.41 Å². The molecule has 13 heavy (non-hydrogen) atoms. The van der Waals surface area contributed by atoms with Gasteiger partial charge in [-0.05, 0) is 31.5 Å². The Labute approximate surface area is 91.5 Å². The van der Waals surface area contributed by atoms with Crippen molar-refractivity contribution in [2.45, 2.75) is 19.3 Å². The molecule has 0 aliphatic carbocycles. The summed E-state index contributed by atoms with van der Waals surface area (Å²) in [5.41, 5.74) is 0.475. The zero-order chi connectivity index (χ0) is 10.1. The molecule has 68 valence electrons. The van der Waals surface area contributed by atoms with Gasteiger partial charge in [0.15, 0.2) is 0 Å². The third-order valence-corrected chi connectivity index (χ3v) is 2.78. The van der Waals surface area contributed by atoms with Crippen molar-refractivity contribution < 1.29 is 0 Å². The molecule has 0 aromatic heterocycles. The van der Waals surface area contributed by atoms with Crippen LogP contribution < -0.4 is 0 Å². The molecule has 0 aliphatic rings. The van der Waals surface area contributed by atoms with Crippen LogP contribution >= 0.6 is 27.5 Å². The number of nitrogens with zero attached hydrogens (tertiary/aromatic N) is 1. The molecule has 0 spiro atoms. The number of hydrogen-bond donors (Lipinski definition) is 0. The minimum absolute atomic E-state index is 0.483. The molecule has 1 aromatic carbocycles. The molecule has 0 radical (unpaired) electrons. The highest BCUT2D eigenvalue weighted by molar-refractivity contribution is 9.10. The van der Waals surface area contributed by atoms with Crippen molar-refractivity contribution in [3.8, 4) is 6.07 Å². The lowest BCUT2D eigenvalue weighted by Crippen LogP contribution is -2.14. The minimum atomic E-state index is -0.483. The van der Waals surface area contributed by atoms with Gasteiger partial charge in [0.25, 0.3) is 0 Å². The molecule has 1 nitrogen and oxygen atoms in total. The van der Waals surface area contributed by atoms with Gasteiger partial charge in [0.1, 0.15) is 0 Å². The quantitative estimate of drug-likeness (QED) is 0.749. The molecule has 0 N–H and O–H groups in total. The second-order valence-corrected chi connectivity index (χ2v) is 4.65. The Morgan fingerprint density at radius 2 is 2.08 bits per heavy atom. The number of nitriles is 1. The van der Waals surface area contributed by atoms with Crippen molar-refractivity contribution in [2.24, 2.45) is 0 Å². The lowest BCUT2D eigenvalue weighted by molar-refractivity contribution is 0.683. The van der Waals surface area contributed by atoms with Gasteiger partial charge in [-0.1, -0.05) is 33.6 Å². The van der Waals surface area contributed by atoms with E-state index in [0.717, 1.165) is 10.0 Å². The minimum Gasteiger partial charge on any atom is -0.197 e. The standard InChI is InChI=1S/C10H9BrClN/c1-10(2,6-13)8-4-3-7(12)5-9(8)11/h3-5H,1-2H3. The lowest BCUT2D eigenvalue weighted by atomic mass is 9.86. The SMILES string of the molecule is CC(C)(C#N)c1ccc(Cl)cc1Br. The van der Waals surface area contributed by atoms with Gasteiger partial charge in [0.05, 0.1) is 11.5 Å². The first-order chi connectivity index (χ1) is 5.97. The highest BCUT2D eigenvalue weighted by Crippen LogP contribution is 2.31. The number of hydrogen-bond acceptors (Lipinski definition) is 1. The van der Waals surface area contributed by atoms with Crippen LogP contribution in [-0.4, -0.2) is 0 Å². The van der Waals surface area contributed by atoms with E-state index in [2.05, 4.69) is 22.0 Å². The average Bonchev–Trinajstić information content (AvgIpc) is 2.03. The Kier molecular flexibility index (Phi) is 3.00. The molecular formula is C10H9BrClN. The molecule has 3 heteroatoms. The topological polar surface area (TPSA) is 23.8 Å². The smallest absolute Gasteiger partial charge is 0.0777 e. The second-order valence-electron chi connectivity index (χ2n) is 3.36. The molecule has 0 atom stereocenters. The molecule has 0 fully saturated rings. The molecule has 0 bridgehead atoms. The summed E-state index contributed by atoms with van der Waals surface area (Å²) in [7, 11) is 0. The van der Waals surface area contributed by atoms with Crippen molar-refractivity contribution in [2.75, 3.05) is 0 Å². The lowest BCUT2D eigenvalue weighted by Gasteiger charge is -2.17. The zero-order valence-corrected chi connectivity index (χ0v) is 9.78. The van der Waals surface area contributed by atoms with Crippen LogP contribution in [0.4, 0.5) is 0 Å². The van der Waals surface area contributed by atoms with Gasteiger partial charge in [-0.2, -0.15) is 5.26 Å². The Morgan fingerprint density at radius 1 is 1.46 bits per heavy atom. The summed E-state index contributed by atoms with van der Waals surface area (Å²) in [4.78, 5) is 0. The summed E-state index contributed by atoms with van der Waals surface area (Å²) >= 11 is 9.19. The van der Waals surface area contributed by atoms with E-state index < -0.39 is 5.41 Å². The number of halogens is 2. The summed E-state index contributed by atoms with van der Waals surface area (Å²) in [6.07, 6.45) is 0. The van der Waals surface area contributed by atoms with E-state index in [-0.39, 0.29) is 0 Å². The fourth-order valence-electron chi connectivity index (χ4n) is 1.06. The Hall–Kier alpha value is -0.520. The maximum absolute atomic E-state index is 8.94. The zero-order valence-electron chi connectivity index (χ0n) is 7.44. The average molecular weight is 259 g/mol. The predicted molar refractivity (Wildman–Crippen MR) is 57.8 cm³/mol. The van der Waals surface area contributed by atoms with Gasteiger partial charge >= 0.3 is 0 Å². The van der Waals surface area contributed by atoms with Gasteiger partial charge in [-0.3, -0.25) is 0 Å². The number of rotatable bonds is 1. The normalized spacial score (nSPS) is 11.0. The predicted octanol–water partition coefficient (Wildman–Crippen LogP) is 3.90. The van der Waals surface area contributed by atoms with E-state index in [1.165, 1.54) is 0 Å². The molecule has 1 aromatic rings. The van der Waals surface area contributed by atoms with Crippen LogP contribution in [0.3, 0.4) is 0 Å². The van der Waals surface area contributed by atoms with Gasteiger partial charge in [0.2, 0.25) is 0 Å². The fourth-order valence-corrected chi connectivity index (χ4v) is 2.23.